The number of anilines is 1. The zero-order valence-electron chi connectivity index (χ0n) is 13.1. The summed E-state index contributed by atoms with van der Waals surface area (Å²) >= 11 is 0. The Balaban J connectivity index is 1.62. The number of pyridine rings is 1. The van der Waals surface area contributed by atoms with Crippen molar-refractivity contribution in [3.63, 3.8) is 0 Å². The second-order valence-electron chi connectivity index (χ2n) is 6.47. The molecule has 5 rings (SSSR count). The summed E-state index contributed by atoms with van der Waals surface area (Å²) in [4.78, 5) is 4.72. The van der Waals surface area contributed by atoms with Crippen molar-refractivity contribution in [1.29, 1.82) is 0 Å². The summed E-state index contributed by atoms with van der Waals surface area (Å²) in [5.74, 6) is 0.963. The smallest absolute Gasteiger partial charge is 0.200 e. The summed E-state index contributed by atoms with van der Waals surface area (Å²) in [5.41, 5.74) is 2.12. The highest BCUT2D eigenvalue weighted by Crippen LogP contribution is 2.50. The van der Waals surface area contributed by atoms with Crippen molar-refractivity contribution >= 4 is 5.82 Å². The van der Waals surface area contributed by atoms with Gasteiger partial charge < -0.3 is 24.8 Å². The first-order valence-electron chi connectivity index (χ1n) is 7.93. The monoisotopic (exact) mass is 305 g/mol. The van der Waals surface area contributed by atoms with Crippen molar-refractivity contribution in [2.45, 2.75) is 43.2 Å². The van der Waals surface area contributed by atoms with E-state index in [4.69, 9.17) is 19.2 Å². The van der Waals surface area contributed by atoms with E-state index in [9.17, 15) is 0 Å². The first-order valence-corrected chi connectivity index (χ1v) is 7.93. The molecule has 1 aromatic heterocycles. The van der Waals surface area contributed by atoms with Gasteiger partial charge in [0.25, 0.3) is 0 Å². The molecule has 1 unspecified atom stereocenters. The molecule has 3 aliphatic heterocycles. The maximum absolute atomic E-state index is 5.50. The van der Waals surface area contributed by atoms with E-state index < -0.39 is 6.29 Å². The van der Waals surface area contributed by atoms with Crippen LogP contribution in [-0.2, 0) is 19.7 Å². The molecule has 1 aliphatic carbocycles. The third-order valence-corrected chi connectivity index (χ3v) is 5.04. The van der Waals surface area contributed by atoms with Gasteiger partial charge in [-0.1, -0.05) is 6.07 Å². The second kappa shape index (κ2) is 5.45. The minimum atomic E-state index is -0.419. The Kier molecular flexibility index (Phi) is 3.57. The zero-order valence-corrected chi connectivity index (χ0v) is 13.1. The molecule has 4 heterocycles. The quantitative estimate of drug-likeness (QED) is 0.805. The Labute approximate surface area is 130 Å². The van der Waals surface area contributed by atoms with Crippen molar-refractivity contribution < 1.29 is 14.2 Å². The lowest BCUT2D eigenvalue weighted by atomic mass is 9.65. The number of hydrogen-bond acceptors (Lipinski definition) is 6. The minimum Gasteiger partial charge on any atom is -0.380 e. The Morgan fingerprint density at radius 3 is 2.86 bits per heavy atom. The van der Waals surface area contributed by atoms with Crippen LogP contribution in [-0.4, -0.2) is 44.5 Å². The molecule has 22 heavy (non-hydrogen) atoms. The average Bonchev–Trinajstić information content (AvgIpc) is 3.00. The van der Waals surface area contributed by atoms with E-state index in [1.54, 1.807) is 14.2 Å². The second-order valence-corrected chi connectivity index (χ2v) is 6.47. The fourth-order valence-electron chi connectivity index (χ4n) is 3.97. The van der Waals surface area contributed by atoms with Crippen LogP contribution < -0.4 is 10.6 Å². The summed E-state index contributed by atoms with van der Waals surface area (Å²) in [5, 5.41) is 7.35. The Morgan fingerprint density at radius 1 is 1.36 bits per heavy atom. The molecule has 1 saturated carbocycles. The summed E-state index contributed by atoms with van der Waals surface area (Å²) in [6.45, 7) is 1.68. The van der Waals surface area contributed by atoms with Crippen molar-refractivity contribution in [2.75, 3.05) is 32.8 Å². The molecule has 0 aromatic carbocycles. The van der Waals surface area contributed by atoms with Crippen LogP contribution in [0, 0.1) is 0 Å². The number of rotatable bonds is 5. The highest BCUT2D eigenvalue weighted by molar-refractivity contribution is 5.57. The SMILES string of the molecule is COC(OC)c1ccc2c(n1)NC1CC2(NC2CCOC2)C1. The summed E-state index contributed by atoms with van der Waals surface area (Å²) in [7, 11) is 3.26. The molecule has 6 nitrogen and oxygen atoms in total. The summed E-state index contributed by atoms with van der Waals surface area (Å²) in [6.07, 6.45) is 2.92. The normalized spacial score (nSPS) is 32.5. The maximum Gasteiger partial charge on any atom is 0.200 e. The summed E-state index contributed by atoms with van der Waals surface area (Å²) < 4.78 is 16.1. The van der Waals surface area contributed by atoms with Gasteiger partial charge in [0.2, 0.25) is 6.29 Å². The van der Waals surface area contributed by atoms with Crippen molar-refractivity contribution in [1.82, 2.24) is 10.3 Å². The molecule has 0 amide bonds. The van der Waals surface area contributed by atoms with Crippen molar-refractivity contribution in [2.24, 2.45) is 0 Å². The number of hydrogen-bond donors (Lipinski definition) is 2. The van der Waals surface area contributed by atoms with E-state index >= 15 is 0 Å². The molecule has 2 fully saturated rings. The van der Waals surface area contributed by atoms with Crippen LogP contribution in [0.5, 0.6) is 0 Å². The molecule has 0 radical (unpaired) electrons. The largest absolute Gasteiger partial charge is 0.380 e. The molecular formula is C16H23N3O3. The standard InChI is InChI=1S/C16H23N3O3/c1-20-15(21-2)13-4-3-12-14(18-13)17-11-7-16(12,8-11)19-10-5-6-22-9-10/h3-4,10-11,15,19H,5-9H2,1-2H3,(H,17,18). The molecule has 2 bridgehead atoms. The number of ether oxygens (including phenoxy) is 3. The fraction of sp³-hybridized carbons (Fsp3) is 0.688. The number of nitrogens with zero attached hydrogens (tertiary/aromatic N) is 1. The highest BCUT2D eigenvalue weighted by Gasteiger charge is 2.52. The van der Waals surface area contributed by atoms with Gasteiger partial charge in [-0.05, 0) is 25.3 Å². The van der Waals surface area contributed by atoms with E-state index in [1.165, 1.54) is 5.56 Å². The maximum atomic E-state index is 5.50. The lowest BCUT2D eigenvalue weighted by Crippen LogP contribution is -2.63. The van der Waals surface area contributed by atoms with Crippen LogP contribution in [0.15, 0.2) is 12.1 Å². The van der Waals surface area contributed by atoms with Gasteiger partial charge >= 0.3 is 0 Å². The topological polar surface area (TPSA) is 64.6 Å². The number of nitrogens with one attached hydrogen (secondary N) is 2. The Bertz CT molecular complexity index is 550. The van der Waals surface area contributed by atoms with Crippen LogP contribution in [0.1, 0.15) is 36.8 Å². The third kappa shape index (κ3) is 2.22. The lowest BCUT2D eigenvalue weighted by molar-refractivity contribution is -0.108. The van der Waals surface area contributed by atoms with Crippen molar-refractivity contribution in [3.8, 4) is 0 Å². The van der Waals surface area contributed by atoms with Crippen LogP contribution in [0.2, 0.25) is 0 Å². The van der Waals surface area contributed by atoms with Gasteiger partial charge in [0.1, 0.15) is 5.82 Å². The number of aromatic nitrogens is 1. The highest BCUT2D eigenvalue weighted by atomic mass is 16.7. The van der Waals surface area contributed by atoms with Gasteiger partial charge in [0.05, 0.1) is 17.8 Å². The Hall–Kier alpha value is -1.21. The first-order chi connectivity index (χ1) is 10.7. The van der Waals surface area contributed by atoms with Gasteiger partial charge in [-0.15, -0.1) is 0 Å². The van der Waals surface area contributed by atoms with E-state index in [1.807, 2.05) is 6.07 Å². The predicted molar refractivity (Wildman–Crippen MR) is 81.7 cm³/mol. The van der Waals surface area contributed by atoms with E-state index in [-0.39, 0.29) is 5.54 Å². The van der Waals surface area contributed by atoms with Gasteiger partial charge in [0, 0.05) is 38.5 Å². The fourth-order valence-corrected chi connectivity index (χ4v) is 3.97. The summed E-state index contributed by atoms with van der Waals surface area (Å²) in [6, 6.07) is 5.13. The molecule has 120 valence electrons. The lowest BCUT2D eigenvalue weighted by Gasteiger charge is -2.54. The van der Waals surface area contributed by atoms with E-state index in [2.05, 4.69) is 16.7 Å². The minimum absolute atomic E-state index is 0.0603. The predicted octanol–water partition coefficient (Wildman–Crippen LogP) is 1.53. The van der Waals surface area contributed by atoms with Crippen LogP contribution in [0.25, 0.3) is 0 Å². The van der Waals surface area contributed by atoms with Crippen LogP contribution in [0.3, 0.4) is 0 Å². The molecule has 6 heteroatoms. The molecule has 1 saturated heterocycles. The van der Waals surface area contributed by atoms with Gasteiger partial charge in [0.15, 0.2) is 0 Å². The van der Waals surface area contributed by atoms with E-state index in [0.29, 0.717) is 12.1 Å². The molecule has 4 aliphatic rings. The molecule has 1 aromatic rings. The van der Waals surface area contributed by atoms with Gasteiger partial charge in [-0.2, -0.15) is 0 Å². The molecule has 0 spiro atoms. The molecule has 2 N–H and O–H groups in total. The van der Waals surface area contributed by atoms with E-state index in [0.717, 1.165) is 44.0 Å². The van der Waals surface area contributed by atoms with Gasteiger partial charge in [-0.25, -0.2) is 4.98 Å². The van der Waals surface area contributed by atoms with Crippen LogP contribution in [0.4, 0.5) is 5.82 Å². The van der Waals surface area contributed by atoms with Gasteiger partial charge in [-0.3, -0.25) is 0 Å². The Morgan fingerprint density at radius 2 is 2.18 bits per heavy atom. The van der Waals surface area contributed by atoms with Crippen molar-refractivity contribution in [3.05, 3.63) is 23.4 Å². The number of methoxy groups -OCH3 is 2. The first kappa shape index (κ1) is 14.4. The molecule has 1 atom stereocenters. The third-order valence-electron chi connectivity index (χ3n) is 5.04. The zero-order chi connectivity index (χ0) is 15.2. The molecular weight excluding hydrogens is 282 g/mol. The average molecular weight is 305 g/mol. The van der Waals surface area contributed by atoms with Crippen LogP contribution >= 0.6 is 0 Å².